The Morgan fingerprint density at radius 3 is 1.75 bits per heavy atom. The highest BCUT2D eigenvalue weighted by Gasteiger charge is 2.44. The maximum Gasteiger partial charge on any atom is 0.333 e. The van der Waals surface area contributed by atoms with Crippen LogP contribution >= 0.6 is 0 Å². The van der Waals surface area contributed by atoms with Gasteiger partial charge in [0.15, 0.2) is 0 Å². The summed E-state index contributed by atoms with van der Waals surface area (Å²) in [6, 6.07) is 53.4. The molecule has 254 valence electrons. The fraction of sp³-hybridized carbons (Fsp3) is 0.160. The quantitative estimate of drug-likeness (QED) is 0.124. The van der Waals surface area contributed by atoms with Gasteiger partial charge in [-0.2, -0.15) is 0 Å². The molecule has 53 heavy (non-hydrogen) atoms. The van der Waals surface area contributed by atoms with Crippen molar-refractivity contribution < 1.29 is 0 Å². The third-order valence-corrected chi connectivity index (χ3v) is 12.1. The molecule has 8 aromatic carbocycles. The minimum Gasteiger partial charge on any atom is -0.375 e. The minimum atomic E-state index is -0.0170. The van der Waals surface area contributed by atoms with E-state index in [1.165, 1.54) is 104 Å². The van der Waals surface area contributed by atoms with Gasteiger partial charge in [0, 0.05) is 44.4 Å². The largest absolute Gasteiger partial charge is 0.375 e. The lowest BCUT2D eigenvalue weighted by molar-refractivity contribution is 0.569. The predicted molar refractivity (Wildman–Crippen MR) is 230 cm³/mol. The molecule has 0 amide bonds. The maximum absolute atomic E-state index is 2.68. The molecule has 2 nitrogen and oxygen atoms in total. The maximum atomic E-state index is 2.68. The van der Waals surface area contributed by atoms with Gasteiger partial charge in [0.2, 0.25) is 0 Å². The van der Waals surface area contributed by atoms with Crippen molar-refractivity contribution in [3.8, 4) is 11.1 Å². The summed E-state index contributed by atoms with van der Waals surface area (Å²) in [5.74, 6) is 0. The standard InChI is InChI=1S/C50H41BN2/c1-49(2,3)35-27-36(50(4,5)6)29-37(28-35)52-44-26-34-23-31-15-8-7-14-30(31)22-33(34)24-42(44)51-47-45(52)25-32-16-9-10-17-38(32)46(47)41-20-13-19-40-39-18-11-12-21-43(39)53(51)48(40)41/h7-29H,1-6H3. The van der Waals surface area contributed by atoms with Crippen molar-refractivity contribution in [1.82, 2.24) is 4.48 Å². The van der Waals surface area contributed by atoms with Crippen LogP contribution < -0.4 is 15.8 Å². The molecule has 0 saturated carbocycles. The second-order valence-corrected chi connectivity index (χ2v) is 17.5. The second-order valence-electron chi connectivity index (χ2n) is 17.5. The van der Waals surface area contributed by atoms with E-state index in [0.717, 1.165) is 0 Å². The molecule has 3 heterocycles. The third kappa shape index (κ3) is 4.28. The summed E-state index contributed by atoms with van der Waals surface area (Å²) in [5.41, 5.74) is 14.4. The van der Waals surface area contributed by atoms with E-state index >= 15 is 0 Å². The van der Waals surface area contributed by atoms with Crippen LogP contribution in [0, 0.1) is 0 Å². The molecule has 1 aromatic heterocycles. The third-order valence-electron chi connectivity index (χ3n) is 12.1. The Balaban J connectivity index is 1.35. The summed E-state index contributed by atoms with van der Waals surface area (Å²) < 4.78 is 2.68. The first-order valence-electron chi connectivity index (χ1n) is 19.0. The van der Waals surface area contributed by atoms with Gasteiger partial charge in [-0.1, -0.05) is 139 Å². The molecule has 0 saturated heterocycles. The van der Waals surface area contributed by atoms with E-state index in [1.807, 2.05) is 0 Å². The van der Waals surface area contributed by atoms with Gasteiger partial charge in [0.25, 0.3) is 0 Å². The average molecular weight is 681 g/mol. The van der Waals surface area contributed by atoms with Gasteiger partial charge in [-0.25, -0.2) is 0 Å². The summed E-state index contributed by atoms with van der Waals surface area (Å²) in [4.78, 5) is 2.62. The van der Waals surface area contributed by atoms with E-state index in [9.17, 15) is 0 Å². The fourth-order valence-corrected chi connectivity index (χ4v) is 9.47. The zero-order chi connectivity index (χ0) is 36.0. The molecule has 0 N–H and O–H groups in total. The van der Waals surface area contributed by atoms with Gasteiger partial charge < -0.3 is 9.38 Å². The molecule has 0 spiro atoms. The normalized spacial score (nSPS) is 13.8. The van der Waals surface area contributed by atoms with Gasteiger partial charge >= 0.3 is 6.85 Å². The summed E-state index contributed by atoms with van der Waals surface area (Å²) in [7, 11) is 0. The molecule has 0 atom stereocenters. The number of aromatic nitrogens is 1. The summed E-state index contributed by atoms with van der Waals surface area (Å²) in [6.07, 6.45) is 0. The van der Waals surface area contributed by atoms with Crippen LogP contribution in [0.1, 0.15) is 52.7 Å². The zero-order valence-corrected chi connectivity index (χ0v) is 31.3. The van der Waals surface area contributed by atoms with Gasteiger partial charge in [-0.15, -0.1) is 0 Å². The van der Waals surface area contributed by atoms with Gasteiger partial charge in [-0.3, -0.25) is 0 Å². The van der Waals surface area contributed by atoms with Crippen molar-refractivity contribution in [2.24, 2.45) is 0 Å². The van der Waals surface area contributed by atoms with E-state index in [-0.39, 0.29) is 17.7 Å². The molecule has 0 fully saturated rings. The highest BCUT2D eigenvalue weighted by molar-refractivity contribution is 6.90. The Morgan fingerprint density at radius 1 is 0.472 bits per heavy atom. The number of hydrogen-bond donors (Lipinski definition) is 0. The number of rotatable bonds is 1. The smallest absolute Gasteiger partial charge is 0.333 e. The van der Waals surface area contributed by atoms with Crippen molar-refractivity contribution >= 4 is 89.0 Å². The second kappa shape index (κ2) is 10.4. The first-order chi connectivity index (χ1) is 25.5. The van der Waals surface area contributed by atoms with Crippen molar-refractivity contribution in [3.05, 3.63) is 151 Å². The van der Waals surface area contributed by atoms with Crippen LogP contribution in [0.25, 0.3) is 65.3 Å². The van der Waals surface area contributed by atoms with Crippen LogP contribution in [0.15, 0.2) is 140 Å². The number of hydrogen-bond acceptors (Lipinski definition) is 1. The Bertz CT molecular complexity index is 3010. The highest BCUT2D eigenvalue weighted by Crippen LogP contribution is 2.49. The van der Waals surface area contributed by atoms with E-state index in [4.69, 9.17) is 0 Å². The van der Waals surface area contributed by atoms with Crippen LogP contribution in [0.5, 0.6) is 0 Å². The highest BCUT2D eigenvalue weighted by atomic mass is 15.2. The van der Waals surface area contributed by atoms with Crippen LogP contribution in [-0.4, -0.2) is 11.3 Å². The van der Waals surface area contributed by atoms with Crippen molar-refractivity contribution in [2.45, 2.75) is 52.4 Å². The summed E-state index contributed by atoms with van der Waals surface area (Å²) in [6.45, 7) is 14.0. The van der Waals surface area contributed by atoms with Gasteiger partial charge in [-0.05, 0) is 113 Å². The van der Waals surface area contributed by atoms with Crippen LogP contribution in [0.4, 0.5) is 17.1 Å². The van der Waals surface area contributed by atoms with Crippen molar-refractivity contribution in [3.63, 3.8) is 0 Å². The van der Waals surface area contributed by atoms with E-state index in [0.29, 0.717) is 0 Å². The molecule has 3 heteroatoms. The minimum absolute atomic E-state index is 0.00286. The van der Waals surface area contributed by atoms with Crippen LogP contribution in [0.3, 0.4) is 0 Å². The van der Waals surface area contributed by atoms with Gasteiger partial charge in [0.05, 0.1) is 0 Å². The lowest BCUT2D eigenvalue weighted by atomic mass is 9.44. The molecule has 2 aliphatic rings. The molecule has 0 unspecified atom stereocenters. The molecule has 0 bridgehead atoms. The molecular formula is C50H41BN2. The number of benzene rings is 8. The van der Waals surface area contributed by atoms with E-state index in [1.54, 1.807) is 0 Å². The Morgan fingerprint density at radius 2 is 1.06 bits per heavy atom. The number of para-hydroxylation sites is 2. The fourth-order valence-electron chi connectivity index (χ4n) is 9.47. The van der Waals surface area contributed by atoms with Crippen molar-refractivity contribution in [1.29, 1.82) is 0 Å². The molecule has 9 aromatic rings. The van der Waals surface area contributed by atoms with Crippen LogP contribution in [0.2, 0.25) is 0 Å². The molecule has 2 aliphatic heterocycles. The Kier molecular flexibility index (Phi) is 6.05. The number of fused-ring (bicyclic) bond motifs is 11. The first kappa shape index (κ1) is 30.8. The molecule has 0 radical (unpaired) electrons. The Labute approximate surface area is 311 Å². The Hall–Kier alpha value is -5.80. The SMILES string of the molecule is CC(C)(C)c1cc(N2c3cc4cc5ccccc5cc4cc3B3c4c2cc2ccccc2c4-c2cccc4c5ccccc5n3c24)cc(C(C)(C)C)c1. The first-order valence-corrected chi connectivity index (χ1v) is 19.0. The monoisotopic (exact) mass is 680 g/mol. The summed E-state index contributed by atoms with van der Waals surface area (Å²) >= 11 is 0. The lowest BCUT2D eigenvalue weighted by Gasteiger charge is -2.42. The number of anilines is 3. The predicted octanol–water partition coefficient (Wildman–Crippen LogP) is 12.3. The van der Waals surface area contributed by atoms with Crippen molar-refractivity contribution in [2.75, 3.05) is 4.90 Å². The molecule has 0 aliphatic carbocycles. The zero-order valence-electron chi connectivity index (χ0n) is 31.3. The lowest BCUT2D eigenvalue weighted by Crippen LogP contribution is -2.56. The average Bonchev–Trinajstić information content (AvgIpc) is 3.48. The van der Waals surface area contributed by atoms with E-state index in [2.05, 4.69) is 190 Å². The van der Waals surface area contributed by atoms with Gasteiger partial charge in [0.1, 0.15) is 0 Å². The molecule has 11 rings (SSSR count). The summed E-state index contributed by atoms with van der Waals surface area (Å²) in [5, 5.41) is 10.3. The van der Waals surface area contributed by atoms with E-state index < -0.39 is 0 Å². The van der Waals surface area contributed by atoms with Crippen LogP contribution in [-0.2, 0) is 10.8 Å². The number of nitrogens with zero attached hydrogens (tertiary/aromatic N) is 2. The topological polar surface area (TPSA) is 8.17 Å². The molecular weight excluding hydrogens is 639 g/mol.